The normalized spacial score (nSPS) is 9.18. The van der Waals surface area contributed by atoms with Crippen molar-refractivity contribution in [2.75, 3.05) is 7.11 Å². The Kier molecular flexibility index (Phi) is 2.11. The number of carbonyl (C=O) groups excluding carboxylic acids is 1. The molecule has 11 heavy (non-hydrogen) atoms. The van der Waals surface area contributed by atoms with E-state index in [1.54, 1.807) is 18.2 Å². The number of nitrogens with two attached hydrogens (primary N) is 1. The van der Waals surface area contributed by atoms with E-state index in [4.69, 9.17) is 10.5 Å². The molecule has 1 aromatic rings. The van der Waals surface area contributed by atoms with Gasteiger partial charge in [0.25, 0.3) is 0 Å². The van der Waals surface area contributed by atoms with Crippen molar-refractivity contribution in [3.8, 4) is 5.75 Å². The number of methoxy groups -OCH3 is 1. The van der Waals surface area contributed by atoms with Crippen LogP contribution in [0.2, 0.25) is 0 Å². The first-order chi connectivity index (χ1) is 5.24. The van der Waals surface area contributed by atoms with Gasteiger partial charge >= 0.3 is 0 Å². The Bertz CT molecular complexity index is 271. The van der Waals surface area contributed by atoms with Gasteiger partial charge in [0.05, 0.1) is 12.7 Å². The smallest absolute Gasteiger partial charge is 0.249 e. The Labute approximate surface area is 64.8 Å². The van der Waals surface area contributed by atoms with E-state index < -0.39 is 5.91 Å². The summed E-state index contributed by atoms with van der Waals surface area (Å²) in [5.74, 6) is 0.0187. The van der Waals surface area contributed by atoms with E-state index in [1.807, 2.05) is 0 Å². The molecule has 1 aromatic carbocycles. The maximum atomic E-state index is 10.6. The Morgan fingerprint density at radius 2 is 2.36 bits per heavy atom. The van der Waals surface area contributed by atoms with Crippen LogP contribution < -0.4 is 10.5 Å². The Balaban J connectivity index is 3.01. The van der Waals surface area contributed by atoms with Gasteiger partial charge in [0, 0.05) is 6.07 Å². The molecule has 0 atom stereocenters. The molecule has 0 aromatic heterocycles. The molecule has 57 valence electrons. The van der Waals surface area contributed by atoms with Gasteiger partial charge in [-0.1, -0.05) is 6.07 Å². The van der Waals surface area contributed by atoms with Gasteiger partial charge < -0.3 is 10.5 Å². The molecule has 0 heterocycles. The van der Waals surface area contributed by atoms with Crippen molar-refractivity contribution in [3.05, 3.63) is 29.8 Å². The summed E-state index contributed by atoms with van der Waals surface area (Å²) in [7, 11) is 1.51. The molecule has 0 saturated heterocycles. The Hall–Kier alpha value is -1.51. The van der Waals surface area contributed by atoms with Crippen LogP contribution in [0.1, 0.15) is 10.4 Å². The molecule has 0 saturated carbocycles. The average Bonchev–Trinajstić information content (AvgIpc) is 2.05. The van der Waals surface area contributed by atoms with E-state index in [1.165, 1.54) is 7.11 Å². The number of amides is 1. The molecule has 0 spiro atoms. The minimum absolute atomic E-state index is 0.337. The largest absolute Gasteiger partial charge is 0.496 e. The molecule has 0 bridgehead atoms. The molecule has 0 aliphatic carbocycles. The molecule has 1 rings (SSSR count). The fourth-order valence-corrected chi connectivity index (χ4v) is 0.711. The average molecular weight is 150 g/mol. The molecule has 3 heteroatoms. The number of primary amides is 1. The number of carbonyl (C=O) groups is 1. The van der Waals surface area contributed by atoms with Crippen molar-refractivity contribution in [2.24, 2.45) is 5.73 Å². The topological polar surface area (TPSA) is 52.3 Å². The van der Waals surface area contributed by atoms with Crippen molar-refractivity contribution in [3.63, 3.8) is 0 Å². The first-order valence-corrected chi connectivity index (χ1v) is 3.10. The van der Waals surface area contributed by atoms with Crippen molar-refractivity contribution >= 4 is 5.91 Å². The lowest BCUT2D eigenvalue weighted by atomic mass is 10.2. The van der Waals surface area contributed by atoms with Gasteiger partial charge in [-0.3, -0.25) is 4.79 Å². The predicted molar refractivity (Wildman–Crippen MR) is 40.3 cm³/mol. The highest BCUT2D eigenvalue weighted by Crippen LogP contribution is 2.10. The van der Waals surface area contributed by atoms with Crippen molar-refractivity contribution in [2.45, 2.75) is 0 Å². The number of ether oxygens (including phenoxy) is 1. The first-order valence-electron chi connectivity index (χ1n) is 3.10. The molecular formula is C8H8NO2. The number of hydrogen-bond acceptors (Lipinski definition) is 2. The Morgan fingerprint density at radius 3 is 2.91 bits per heavy atom. The van der Waals surface area contributed by atoms with Gasteiger partial charge in [-0.05, 0) is 12.1 Å². The third-order valence-corrected chi connectivity index (χ3v) is 1.25. The van der Waals surface area contributed by atoms with Crippen LogP contribution in [0.15, 0.2) is 18.2 Å². The van der Waals surface area contributed by atoms with Crippen LogP contribution in [0.5, 0.6) is 5.75 Å². The van der Waals surface area contributed by atoms with Gasteiger partial charge in [0.15, 0.2) is 0 Å². The molecule has 0 fully saturated rings. The quantitative estimate of drug-likeness (QED) is 0.671. The van der Waals surface area contributed by atoms with E-state index >= 15 is 0 Å². The number of rotatable bonds is 2. The van der Waals surface area contributed by atoms with Crippen molar-refractivity contribution in [1.82, 2.24) is 0 Å². The van der Waals surface area contributed by atoms with Crippen LogP contribution in [0.4, 0.5) is 0 Å². The second-order valence-electron chi connectivity index (χ2n) is 2.00. The summed E-state index contributed by atoms with van der Waals surface area (Å²) in [5, 5.41) is 0. The van der Waals surface area contributed by atoms with Crippen LogP contribution in [0.3, 0.4) is 0 Å². The van der Waals surface area contributed by atoms with Crippen LogP contribution in [-0.4, -0.2) is 13.0 Å². The van der Waals surface area contributed by atoms with E-state index in [0.29, 0.717) is 11.3 Å². The highest BCUT2D eigenvalue weighted by atomic mass is 16.5. The summed E-state index contributed by atoms with van der Waals surface area (Å²) in [4.78, 5) is 10.6. The van der Waals surface area contributed by atoms with Gasteiger partial charge in [0.1, 0.15) is 5.75 Å². The summed E-state index contributed by atoms with van der Waals surface area (Å²) in [5.41, 5.74) is 5.35. The van der Waals surface area contributed by atoms with Gasteiger partial charge in [-0.2, -0.15) is 0 Å². The zero-order chi connectivity index (χ0) is 8.27. The standard InChI is InChI=1S/C8H8NO2/c1-11-7-4-2-3-6(5-7)8(9)10/h2-4H,1H3,(H2,9,10). The predicted octanol–water partition coefficient (Wildman–Crippen LogP) is 0.594. The van der Waals surface area contributed by atoms with Crippen LogP contribution in [0, 0.1) is 6.07 Å². The van der Waals surface area contributed by atoms with E-state index in [2.05, 4.69) is 6.07 Å². The van der Waals surface area contributed by atoms with Crippen LogP contribution in [-0.2, 0) is 0 Å². The maximum Gasteiger partial charge on any atom is 0.249 e. The second-order valence-corrected chi connectivity index (χ2v) is 2.00. The van der Waals surface area contributed by atoms with E-state index in [0.717, 1.165) is 0 Å². The summed E-state index contributed by atoms with van der Waals surface area (Å²) < 4.78 is 4.84. The summed E-state index contributed by atoms with van der Waals surface area (Å²) >= 11 is 0. The third kappa shape index (κ3) is 1.70. The molecule has 0 aliphatic heterocycles. The van der Waals surface area contributed by atoms with Crippen molar-refractivity contribution < 1.29 is 9.53 Å². The molecule has 1 amide bonds. The summed E-state index contributed by atoms with van der Waals surface area (Å²) in [6, 6.07) is 7.68. The SMILES string of the molecule is COc1[c]c(C(N)=O)ccc1. The monoisotopic (exact) mass is 150 g/mol. The molecule has 3 nitrogen and oxygen atoms in total. The molecule has 0 aliphatic rings. The van der Waals surface area contributed by atoms with Gasteiger partial charge in [-0.15, -0.1) is 0 Å². The molecular weight excluding hydrogens is 142 g/mol. The lowest BCUT2D eigenvalue weighted by molar-refractivity contribution is 0.0999. The number of hydrogen-bond donors (Lipinski definition) is 1. The van der Waals surface area contributed by atoms with Crippen LogP contribution >= 0.6 is 0 Å². The fourth-order valence-electron chi connectivity index (χ4n) is 0.711. The zero-order valence-corrected chi connectivity index (χ0v) is 6.13. The van der Waals surface area contributed by atoms with Crippen molar-refractivity contribution in [1.29, 1.82) is 0 Å². The van der Waals surface area contributed by atoms with E-state index in [-0.39, 0.29) is 0 Å². The van der Waals surface area contributed by atoms with E-state index in [9.17, 15) is 4.79 Å². The highest BCUT2D eigenvalue weighted by molar-refractivity contribution is 5.92. The summed E-state index contributed by atoms with van der Waals surface area (Å²) in [6.45, 7) is 0. The lowest BCUT2D eigenvalue weighted by Gasteiger charge is -1.98. The maximum absolute atomic E-state index is 10.6. The minimum Gasteiger partial charge on any atom is -0.496 e. The first kappa shape index (κ1) is 7.60. The molecule has 0 unspecified atom stereocenters. The van der Waals surface area contributed by atoms with Gasteiger partial charge in [0.2, 0.25) is 5.91 Å². The number of benzene rings is 1. The summed E-state index contributed by atoms with van der Waals surface area (Å²) in [6.07, 6.45) is 0. The van der Waals surface area contributed by atoms with Crippen LogP contribution in [0.25, 0.3) is 0 Å². The third-order valence-electron chi connectivity index (χ3n) is 1.25. The Morgan fingerprint density at radius 1 is 1.64 bits per heavy atom. The highest BCUT2D eigenvalue weighted by Gasteiger charge is 2.00. The minimum atomic E-state index is -0.496. The second kappa shape index (κ2) is 3.05. The fraction of sp³-hybridized carbons (Fsp3) is 0.125. The molecule has 2 N–H and O–H groups in total. The van der Waals surface area contributed by atoms with Gasteiger partial charge in [-0.25, -0.2) is 0 Å². The zero-order valence-electron chi connectivity index (χ0n) is 6.13. The molecule has 1 radical (unpaired) electrons. The lowest BCUT2D eigenvalue weighted by Crippen LogP contribution is -2.10.